The third-order valence-electron chi connectivity index (χ3n) is 4.46. The normalized spacial score (nSPS) is 27.5. The zero-order valence-corrected chi connectivity index (χ0v) is 13.1. The lowest BCUT2D eigenvalue weighted by atomic mass is 9.95. The molecule has 3 rings (SSSR count). The maximum atomic E-state index is 14.2. The van der Waals surface area contributed by atoms with Crippen molar-refractivity contribution in [3.63, 3.8) is 0 Å². The molecule has 1 saturated heterocycles. The number of halogens is 3. The van der Waals surface area contributed by atoms with Crippen LogP contribution < -0.4 is 10.2 Å². The molecule has 110 valence electrons. The molecule has 1 atom stereocenters. The highest BCUT2D eigenvalue weighted by Gasteiger charge is 2.43. The Balaban J connectivity index is 1.90. The van der Waals surface area contributed by atoms with Gasteiger partial charge in [0.25, 0.3) is 0 Å². The van der Waals surface area contributed by atoms with Crippen molar-refractivity contribution < 1.29 is 8.78 Å². The van der Waals surface area contributed by atoms with Crippen molar-refractivity contribution in [2.75, 3.05) is 24.5 Å². The number of hydrogen-bond acceptors (Lipinski definition) is 2. The predicted molar refractivity (Wildman–Crippen MR) is 80.0 cm³/mol. The van der Waals surface area contributed by atoms with Crippen molar-refractivity contribution in [2.24, 2.45) is 5.92 Å². The maximum absolute atomic E-state index is 14.2. The van der Waals surface area contributed by atoms with Crippen LogP contribution in [0.2, 0.25) is 0 Å². The van der Waals surface area contributed by atoms with Crippen LogP contribution >= 0.6 is 15.9 Å². The van der Waals surface area contributed by atoms with Crippen LogP contribution in [0.1, 0.15) is 26.2 Å². The quantitative estimate of drug-likeness (QED) is 0.823. The number of rotatable bonds is 2. The molecule has 1 unspecified atom stereocenters. The fourth-order valence-electron chi connectivity index (χ4n) is 3.13. The second-order valence-electron chi connectivity index (χ2n) is 6.11. The molecule has 1 saturated carbocycles. The molecule has 0 aromatic heterocycles. The van der Waals surface area contributed by atoms with E-state index < -0.39 is 5.82 Å². The number of nitrogens with one attached hydrogen (secondary N) is 1. The van der Waals surface area contributed by atoms with Gasteiger partial charge in [0, 0.05) is 24.7 Å². The van der Waals surface area contributed by atoms with Gasteiger partial charge in [-0.25, -0.2) is 8.78 Å². The molecular weight excluding hydrogens is 326 g/mol. The van der Waals surface area contributed by atoms with Gasteiger partial charge in [-0.05, 0) is 60.6 Å². The summed E-state index contributed by atoms with van der Waals surface area (Å²) in [6.07, 6.45) is 3.41. The van der Waals surface area contributed by atoms with E-state index in [0.717, 1.165) is 26.1 Å². The molecule has 2 nitrogen and oxygen atoms in total. The molecule has 1 heterocycles. The Morgan fingerprint density at radius 3 is 2.75 bits per heavy atom. The van der Waals surface area contributed by atoms with E-state index in [4.69, 9.17) is 0 Å². The minimum absolute atomic E-state index is 0.00644. The molecule has 5 heteroatoms. The van der Waals surface area contributed by atoms with Crippen LogP contribution in [0, 0.1) is 17.6 Å². The Labute approximate surface area is 126 Å². The van der Waals surface area contributed by atoms with Gasteiger partial charge in [-0.3, -0.25) is 0 Å². The Hall–Kier alpha value is -0.680. The van der Waals surface area contributed by atoms with E-state index >= 15 is 0 Å². The van der Waals surface area contributed by atoms with Crippen LogP contribution in [0.5, 0.6) is 0 Å². The predicted octanol–water partition coefficient (Wildman–Crippen LogP) is 3.70. The molecule has 1 aliphatic heterocycles. The van der Waals surface area contributed by atoms with Crippen molar-refractivity contribution in [1.82, 2.24) is 5.32 Å². The van der Waals surface area contributed by atoms with Gasteiger partial charge in [-0.15, -0.1) is 0 Å². The number of benzene rings is 1. The van der Waals surface area contributed by atoms with E-state index in [-0.39, 0.29) is 15.8 Å². The first-order valence-corrected chi connectivity index (χ1v) is 7.93. The molecule has 0 amide bonds. The lowest BCUT2D eigenvalue weighted by molar-refractivity contribution is 0.331. The van der Waals surface area contributed by atoms with Gasteiger partial charge in [0.2, 0.25) is 0 Å². The first-order valence-electron chi connectivity index (χ1n) is 7.14. The first-order chi connectivity index (χ1) is 9.49. The smallest absolute Gasteiger partial charge is 0.147 e. The van der Waals surface area contributed by atoms with Crippen molar-refractivity contribution in [1.29, 1.82) is 0 Å². The maximum Gasteiger partial charge on any atom is 0.147 e. The molecule has 1 aliphatic carbocycles. The third kappa shape index (κ3) is 2.70. The fraction of sp³-hybridized carbons (Fsp3) is 0.600. The van der Waals surface area contributed by atoms with E-state index in [1.165, 1.54) is 25.0 Å². The Morgan fingerprint density at radius 2 is 2.05 bits per heavy atom. The Bertz CT molecular complexity index is 519. The molecule has 1 aromatic carbocycles. The second kappa shape index (κ2) is 5.26. The van der Waals surface area contributed by atoms with E-state index in [0.29, 0.717) is 11.6 Å². The molecule has 0 bridgehead atoms. The molecule has 1 N–H and O–H groups in total. The van der Waals surface area contributed by atoms with Crippen LogP contribution in [-0.2, 0) is 0 Å². The average Bonchev–Trinajstić information content (AvgIpc) is 3.21. The summed E-state index contributed by atoms with van der Waals surface area (Å²) in [6, 6.07) is 2.52. The molecule has 2 fully saturated rings. The standard InChI is InChI=1S/C15H19BrF2N2/c1-15(10-3-4-10)9-20(6-2-5-19-15)14-8-12(17)11(16)7-13(14)18/h7-8,10,19H,2-6,9H2,1H3. The van der Waals surface area contributed by atoms with Crippen molar-refractivity contribution in [2.45, 2.75) is 31.7 Å². The SMILES string of the molecule is CC1(C2CC2)CN(c2cc(F)c(Br)cc2F)CCCN1. The molecule has 0 spiro atoms. The number of anilines is 1. The van der Waals surface area contributed by atoms with Gasteiger partial charge in [-0.1, -0.05) is 0 Å². The Morgan fingerprint density at radius 1 is 1.30 bits per heavy atom. The highest BCUT2D eigenvalue weighted by Crippen LogP contribution is 2.41. The molecule has 1 aromatic rings. The van der Waals surface area contributed by atoms with Crippen LogP contribution in [0.15, 0.2) is 16.6 Å². The van der Waals surface area contributed by atoms with Gasteiger partial charge in [0.15, 0.2) is 0 Å². The van der Waals surface area contributed by atoms with Crippen molar-refractivity contribution >= 4 is 21.6 Å². The van der Waals surface area contributed by atoms with Gasteiger partial charge >= 0.3 is 0 Å². The van der Waals surface area contributed by atoms with Crippen LogP contribution in [0.4, 0.5) is 14.5 Å². The third-order valence-corrected chi connectivity index (χ3v) is 5.07. The largest absolute Gasteiger partial charge is 0.367 e. The molecular formula is C15H19BrF2N2. The van der Waals surface area contributed by atoms with E-state index in [9.17, 15) is 8.78 Å². The van der Waals surface area contributed by atoms with Gasteiger partial charge < -0.3 is 10.2 Å². The Kier molecular flexibility index (Phi) is 3.75. The second-order valence-corrected chi connectivity index (χ2v) is 6.97. The molecule has 0 radical (unpaired) electrons. The van der Waals surface area contributed by atoms with E-state index in [1.54, 1.807) is 0 Å². The lowest BCUT2D eigenvalue weighted by Gasteiger charge is -2.35. The topological polar surface area (TPSA) is 15.3 Å². The summed E-state index contributed by atoms with van der Waals surface area (Å²) in [7, 11) is 0. The number of hydrogen-bond donors (Lipinski definition) is 1. The number of nitrogens with zero attached hydrogens (tertiary/aromatic N) is 1. The first kappa shape index (κ1) is 14.3. The van der Waals surface area contributed by atoms with Crippen LogP contribution in [-0.4, -0.2) is 25.2 Å². The summed E-state index contributed by atoms with van der Waals surface area (Å²) in [5, 5.41) is 3.60. The van der Waals surface area contributed by atoms with E-state index in [2.05, 4.69) is 28.2 Å². The van der Waals surface area contributed by atoms with Gasteiger partial charge in [0.1, 0.15) is 11.6 Å². The molecule has 20 heavy (non-hydrogen) atoms. The van der Waals surface area contributed by atoms with Crippen molar-refractivity contribution in [3.05, 3.63) is 28.2 Å². The summed E-state index contributed by atoms with van der Waals surface area (Å²) in [4.78, 5) is 1.99. The summed E-state index contributed by atoms with van der Waals surface area (Å²) in [5.74, 6) is -0.114. The summed E-state index contributed by atoms with van der Waals surface area (Å²) in [6.45, 7) is 4.63. The highest BCUT2D eigenvalue weighted by atomic mass is 79.9. The van der Waals surface area contributed by atoms with Crippen LogP contribution in [0.3, 0.4) is 0 Å². The monoisotopic (exact) mass is 344 g/mol. The lowest BCUT2D eigenvalue weighted by Crippen LogP contribution is -2.51. The highest BCUT2D eigenvalue weighted by molar-refractivity contribution is 9.10. The van der Waals surface area contributed by atoms with Gasteiger partial charge in [0.05, 0.1) is 10.2 Å². The minimum Gasteiger partial charge on any atom is -0.367 e. The molecule has 2 aliphatic rings. The summed E-state index contributed by atoms with van der Waals surface area (Å²) >= 11 is 3.03. The minimum atomic E-state index is -0.410. The van der Waals surface area contributed by atoms with Gasteiger partial charge in [-0.2, -0.15) is 0 Å². The average molecular weight is 345 g/mol. The zero-order chi connectivity index (χ0) is 14.3. The fourth-order valence-corrected chi connectivity index (χ4v) is 3.44. The summed E-state index contributed by atoms with van der Waals surface area (Å²) in [5.41, 5.74) is 0.383. The zero-order valence-electron chi connectivity index (χ0n) is 11.6. The van der Waals surface area contributed by atoms with Crippen molar-refractivity contribution in [3.8, 4) is 0 Å². The van der Waals surface area contributed by atoms with E-state index in [1.807, 2.05) is 4.90 Å². The van der Waals surface area contributed by atoms with Crippen LogP contribution in [0.25, 0.3) is 0 Å². The summed E-state index contributed by atoms with van der Waals surface area (Å²) < 4.78 is 28.1.